The molecule has 1 aliphatic heterocycles. The molecule has 3 rings (SSSR count). The van der Waals surface area contributed by atoms with Crippen LogP contribution in [0.3, 0.4) is 0 Å². The van der Waals surface area contributed by atoms with Gasteiger partial charge in [0.25, 0.3) is 5.91 Å². The molecule has 120 valence electrons. The van der Waals surface area contributed by atoms with E-state index in [1.54, 1.807) is 6.07 Å². The maximum atomic E-state index is 12.3. The van der Waals surface area contributed by atoms with Crippen molar-refractivity contribution in [1.82, 2.24) is 5.32 Å². The monoisotopic (exact) mass is 313 g/mol. The summed E-state index contributed by atoms with van der Waals surface area (Å²) in [6.45, 7) is 5.15. The number of carbonyl (C=O) groups excluding carboxylic acids is 1. The third kappa shape index (κ3) is 3.39. The Hall–Kier alpha value is -2.69. The van der Waals surface area contributed by atoms with Crippen molar-refractivity contribution in [2.75, 3.05) is 13.4 Å². The molecule has 0 fully saturated rings. The van der Waals surface area contributed by atoms with Gasteiger partial charge < -0.3 is 19.5 Å². The summed E-state index contributed by atoms with van der Waals surface area (Å²) >= 11 is 0. The second-order valence-corrected chi connectivity index (χ2v) is 5.28. The van der Waals surface area contributed by atoms with Crippen molar-refractivity contribution in [3.05, 3.63) is 53.1 Å². The standard InChI is InChI=1S/C18H19NO4/c1-3-21-15-7-5-14(8-12(15)2)18(20)19-10-13-4-6-16-17(9-13)23-11-22-16/h4-9H,3,10-11H2,1-2H3,(H,19,20). The van der Waals surface area contributed by atoms with Gasteiger partial charge in [-0.3, -0.25) is 4.79 Å². The lowest BCUT2D eigenvalue weighted by molar-refractivity contribution is 0.0950. The minimum atomic E-state index is -0.117. The SMILES string of the molecule is CCOc1ccc(C(=O)NCc2ccc3c(c2)OCO3)cc1C. The molecule has 0 bridgehead atoms. The van der Waals surface area contributed by atoms with E-state index < -0.39 is 0 Å². The van der Waals surface area contributed by atoms with Gasteiger partial charge in [-0.1, -0.05) is 6.07 Å². The number of hydrogen-bond acceptors (Lipinski definition) is 4. The maximum absolute atomic E-state index is 12.3. The van der Waals surface area contributed by atoms with Crippen molar-refractivity contribution in [3.8, 4) is 17.2 Å². The van der Waals surface area contributed by atoms with E-state index in [1.165, 1.54) is 0 Å². The fraction of sp³-hybridized carbons (Fsp3) is 0.278. The molecular weight excluding hydrogens is 294 g/mol. The molecule has 0 atom stereocenters. The number of nitrogens with one attached hydrogen (secondary N) is 1. The average Bonchev–Trinajstić information content (AvgIpc) is 3.02. The molecule has 0 saturated heterocycles. The van der Waals surface area contributed by atoms with Crippen molar-refractivity contribution in [2.24, 2.45) is 0 Å². The smallest absolute Gasteiger partial charge is 0.251 e. The summed E-state index contributed by atoms with van der Waals surface area (Å²) in [6.07, 6.45) is 0. The van der Waals surface area contributed by atoms with Crippen LogP contribution in [-0.4, -0.2) is 19.3 Å². The molecule has 1 heterocycles. The molecule has 5 nitrogen and oxygen atoms in total. The molecule has 0 radical (unpaired) electrons. The molecule has 23 heavy (non-hydrogen) atoms. The van der Waals surface area contributed by atoms with Gasteiger partial charge in [-0.2, -0.15) is 0 Å². The second-order valence-electron chi connectivity index (χ2n) is 5.28. The van der Waals surface area contributed by atoms with Crippen LogP contribution in [0.5, 0.6) is 17.2 Å². The van der Waals surface area contributed by atoms with Crippen molar-refractivity contribution in [3.63, 3.8) is 0 Å². The molecule has 0 aliphatic carbocycles. The first-order valence-corrected chi connectivity index (χ1v) is 7.57. The first-order valence-electron chi connectivity index (χ1n) is 7.57. The van der Waals surface area contributed by atoms with Crippen LogP contribution in [0.2, 0.25) is 0 Å². The highest BCUT2D eigenvalue weighted by molar-refractivity contribution is 5.94. The van der Waals surface area contributed by atoms with Gasteiger partial charge >= 0.3 is 0 Å². The number of rotatable bonds is 5. The highest BCUT2D eigenvalue weighted by Crippen LogP contribution is 2.32. The molecule has 1 amide bonds. The molecule has 0 spiro atoms. The van der Waals surface area contributed by atoms with Gasteiger partial charge in [0.15, 0.2) is 11.5 Å². The molecule has 0 saturated carbocycles. The lowest BCUT2D eigenvalue weighted by atomic mass is 10.1. The van der Waals surface area contributed by atoms with Crippen molar-refractivity contribution < 1.29 is 19.0 Å². The topological polar surface area (TPSA) is 56.8 Å². The third-order valence-electron chi connectivity index (χ3n) is 3.63. The Morgan fingerprint density at radius 3 is 2.78 bits per heavy atom. The van der Waals surface area contributed by atoms with Crippen LogP contribution in [-0.2, 0) is 6.54 Å². The average molecular weight is 313 g/mol. The van der Waals surface area contributed by atoms with Gasteiger partial charge in [0.05, 0.1) is 6.61 Å². The Kier molecular flexibility index (Phi) is 4.37. The van der Waals surface area contributed by atoms with Crippen LogP contribution in [0, 0.1) is 6.92 Å². The lowest BCUT2D eigenvalue weighted by Gasteiger charge is -2.10. The first kappa shape index (κ1) is 15.2. The molecule has 0 unspecified atom stereocenters. The molecule has 1 N–H and O–H groups in total. The van der Waals surface area contributed by atoms with E-state index >= 15 is 0 Å². The summed E-state index contributed by atoms with van der Waals surface area (Å²) in [7, 11) is 0. The fourth-order valence-corrected chi connectivity index (χ4v) is 2.44. The zero-order valence-electron chi connectivity index (χ0n) is 13.2. The van der Waals surface area contributed by atoms with Gasteiger partial charge in [0.1, 0.15) is 5.75 Å². The van der Waals surface area contributed by atoms with E-state index in [-0.39, 0.29) is 12.7 Å². The van der Waals surface area contributed by atoms with E-state index in [0.717, 1.165) is 22.6 Å². The highest BCUT2D eigenvalue weighted by atomic mass is 16.7. The van der Waals surface area contributed by atoms with Crippen LogP contribution < -0.4 is 19.5 Å². The van der Waals surface area contributed by atoms with Crippen LogP contribution >= 0.6 is 0 Å². The van der Waals surface area contributed by atoms with E-state index in [2.05, 4.69) is 5.32 Å². The Bertz CT molecular complexity index is 727. The fourth-order valence-electron chi connectivity index (χ4n) is 2.44. The van der Waals surface area contributed by atoms with E-state index in [9.17, 15) is 4.79 Å². The number of benzene rings is 2. The van der Waals surface area contributed by atoms with Crippen LogP contribution in [0.15, 0.2) is 36.4 Å². The van der Waals surface area contributed by atoms with Crippen molar-refractivity contribution >= 4 is 5.91 Å². The van der Waals surface area contributed by atoms with Gasteiger partial charge in [0, 0.05) is 12.1 Å². The predicted molar refractivity (Wildman–Crippen MR) is 86.1 cm³/mol. The van der Waals surface area contributed by atoms with Gasteiger partial charge in [-0.15, -0.1) is 0 Å². The minimum absolute atomic E-state index is 0.117. The number of hydrogen-bond donors (Lipinski definition) is 1. The molecular formula is C18H19NO4. The predicted octanol–water partition coefficient (Wildman–Crippen LogP) is 3.05. The number of aryl methyl sites for hydroxylation is 1. The minimum Gasteiger partial charge on any atom is -0.494 e. The third-order valence-corrected chi connectivity index (χ3v) is 3.63. The summed E-state index contributed by atoms with van der Waals surface area (Å²) < 4.78 is 16.1. The number of fused-ring (bicyclic) bond motifs is 1. The molecule has 2 aromatic rings. The summed E-state index contributed by atoms with van der Waals surface area (Å²) in [5.74, 6) is 2.14. The van der Waals surface area contributed by atoms with E-state index in [4.69, 9.17) is 14.2 Å². The second kappa shape index (κ2) is 6.60. The quantitative estimate of drug-likeness (QED) is 0.922. The largest absolute Gasteiger partial charge is 0.494 e. The summed E-state index contributed by atoms with van der Waals surface area (Å²) in [5, 5.41) is 2.91. The normalized spacial score (nSPS) is 12.1. The zero-order valence-corrected chi connectivity index (χ0v) is 13.2. The van der Waals surface area contributed by atoms with Gasteiger partial charge in [-0.05, 0) is 55.3 Å². The van der Waals surface area contributed by atoms with Crippen molar-refractivity contribution in [2.45, 2.75) is 20.4 Å². The van der Waals surface area contributed by atoms with E-state index in [1.807, 2.05) is 44.2 Å². The van der Waals surface area contributed by atoms with Crippen LogP contribution in [0.25, 0.3) is 0 Å². The number of amides is 1. The van der Waals surface area contributed by atoms with Crippen LogP contribution in [0.1, 0.15) is 28.4 Å². The molecule has 5 heteroatoms. The Morgan fingerprint density at radius 1 is 1.17 bits per heavy atom. The highest BCUT2D eigenvalue weighted by Gasteiger charge is 2.14. The maximum Gasteiger partial charge on any atom is 0.251 e. The van der Waals surface area contributed by atoms with Gasteiger partial charge in [0.2, 0.25) is 6.79 Å². The van der Waals surface area contributed by atoms with E-state index in [0.29, 0.717) is 24.5 Å². The zero-order chi connectivity index (χ0) is 16.2. The molecule has 1 aliphatic rings. The Morgan fingerprint density at radius 2 is 2.00 bits per heavy atom. The Labute approximate surface area is 135 Å². The number of ether oxygens (including phenoxy) is 3. The lowest BCUT2D eigenvalue weighted by Crippen LogP contribution is -2.22. The van der Waals surface area contributed by atoms with Crippen molar-refractivity contribution in [1.29, 1.82) is 0 Å². The molecule has 0 aromatic heterocycles. The molecule has 2 aromatic carbocycles. The van der Waals surface area contributed by atoms with Crippen LogP contribution in [0.4, 0.5) is 0 Å². The first-order chi connectivity index (χ1) is 11.2. The Balaban J connectivity index is 1.64. The number of carbonyl (C=O) groups is 1. The summed E-state index contributed by atoms with van der Waals surface area (Å²) in [5.41, 5.74) is 2.53. The van der Waals surface area contributed by atoms with Gasteiger partial charge in [-0.25, -0.2) is 0 Å². The summed E-state index contributed by atoms with van der Waals surface area (Å²) in [6, 6.07) is 11.1. The summed E-state index contributed by atoms with van der Waals surface area (Å²) in [4.78, 5) is 12.3.